The number of aliphatic carboxylic acids is 1. The Morgan fingerprint density at radius 3 is 2.76 bits per heavy atom. The summed E-state index contributed by atoms with van der Waals surface area (Å²) in [5.41, 5.74) is 0.978. The highest BCUT2D eigenvalue weighted by atomic mass is 32.1. The largest absolute Gasteiger partial charge is 0.481 e. The van der Waals surface area contributed by atoms with Crippen molar-refractivity contribution in [2.75, 3.05) is 6.54 Å². The summed E-state index contributed by atoms with van der Waals surface area (Å²) in [6.07, 6.45) is 2.49. The highest BCUT2D eigenvalue weighted by Crippen LogP contribution is 2.22. The number of hydrogen-bond acceptors (Lipinski definition) is 4. The molecule has 0 bridgehead atoms. The number of hydrogen-bond donors (Lipinski definition) is 2. The zero-order valence-electron chi connectivity index (χ0n) is 11.7. The normalized spacial score (nSPS) is 10.7. The number of carboxylic acid groups (broad SMARTS) is 1. The molecule has 1 heterocycles. The molecule has 6 heteroatoms. The molecule has 2 rings (SSSR count). The number of benzene rings is 1. The summed E-state index contributed by atoms with van der Waals surface area (Å²) in [5, 5.41) is 12.3. The van der Waals surface area contributed by atoms with Gasteiger partial charge in [-0.15, -0.1) is 11.3 Å². The minimum Gasteiger partial charge on any atom is -0.481 e. The van der Waals surface area contributed by atoms with Gasteiger partial charge in [0.05, 0.1) is 15.2 Å². The third kappa shape index (κ3) is 5.15. The Kier molecular flexibility index (Phi) is 5.68. The van der Waals surface area contributed by atoms with Crippen LogP contribution in [-0.4, -0.2) is 28.5 Å². The Labute approximate surface area is 127 Å². The average molecular weight is 306 g/mol. The number of thiazole rings is 1. The first-order chi connectivity index (χ1) is 10.1. The van der Waals surface area contributed by atoms with Crippen LogP contribution in [0.5, 0.6) is 0 Å². The zero-order chi connectivity index (χ0) is 15.1. The molecule has 2 N–H and O–H groups in total. The number of aromatic nitrogens is 1. The van der Waals surface area contributed by atoms with Gasteiger partial charge in [-0.3, -0.25) is 9.59 Å². The molecule has 112 valence electrons. The Bertz CT molecular complexity index is 591. The van der Waals surface area contributed by atoms with E-state index < -0.39 is 5.97 Å². The topological polar surface area (TPSA) is 79.3 Å². The molecule has 0 radical (unpaired) electrons. The predicted molar refractivity (Wildman–Crippen MR) is 82.4 cm³/mol. The fourth-order valence-electron chi connectivity index (χ4n) is 1.96. The van der Waals surface area contributed by atoms with Gasteiger partial charge < -0.3 is 10.4 Å². The van der Waals surface area contributed by atoms with Crippen molar-refractivity contribution in [2.45, 2.75) is 32.1 Å². The van der Waals surface area contributed by atoms with Crippen molar-refractivity contribution in [3.63, 3.8) is 0 Å². The van der Waals surface area contributed by atoms with E-state index in [4.69, 9.17) is 5.11 Å². The molecule has 0 aliphatic heterocycles. The lowest BCUT2D eigenvalue weighted by molar-refractivity contribution is -0.137. The van der Waals surface area contributed by atoms with Crippen LogP contribution in [0, 0.1) is 0 Å². The molecule has 0 aliphatic rings. The van der Waals surface area contributed by atoms with Crippen LogP contribution in [0.25, 0.3) is 10.2 Å². The quantitative estimate of drug-likeness (QED) is 0.735. The number of carbonyl (C=O) groups is 2. The fraction of sp³-hybridized carbons (Fsp3) is 0.400. The Hall–Kier alpha value is -1.95. The van der Waals surface area contributed by atoms with Crippen LogP contribution < -0.4 is 5.32 Å². The number of amides is 1. The molecule has 0 saturated carbocycles. The first-order valence-corrected chi connectivity index (χ1v) is 7.80. The van der Waals surface area contributed by atoms with E-state index in [2.05, 4.69) is 10.3 Å². The molecule has 2 aromatic rings. The lowest BCUT2D eigenvalue weighted by atomic mass is 10.2. The van der Waals surface area contributed by atoms with Gasteiger partial charge >= 0.3 is 5.97 Å². The van der Waals surface area contributed by atoms with E-state index in [0.29, 0.717) is 32.2 Å². The predicted octanol–water partition coefficient (Wildman–Crippen LogP) is 2.60. The van der Waals surface area contributed by atoms with E-state index in [1.807, 2.05) is 24.3 Å². The van der Waals surface area contributed by atoms with E-state index >= 15 is 0 Å². The van der Waals surface area contributed by atoms with Crippen LogP contribution in [0.3, 0.4) is 0 Å². The fourth-order valence-corrected chi connectivity index (χ4v) is 2.93. The Morgan fingerprint density at radius 2 is 2.00 bits per heavy atom. The average Bonchev–Trinajstić information content (AvgIpc) is 2.87. The van der Waals surface area contributed by atoms with Crippen LogP contribution in [0.15, 0.2) is 24.3 Å². The van der Waals surface area contributed by atoms with Gasteiger partial charge in [0.2, 0.25) is 5.91 Å². The molecule has 0 aliphatic carbocycles. The summed E-state index contributed by atoms with van der Waals surface area (Å²) in [5.74, 6) is -0.804. The summed E-state index contributed by atoms with van der Waals surface area (Å²) in [6.45, 7) is 0.534. The summed E-state index contributed by atoms with van der Waals surface area (Å²) < 4.78 is 1.14. The third-order valence-electron chi connectivity index (χ3n) is 3.04. The zero-order valence-corrected chi connectivity index (χ0v) is 12.5. The van der Waals surface area contributed by atoms with Gasteiger partial charge in [0.15, 0.2) is 0 Å². The Balaban J connectivity index is 1.67. The molecule has 0 unspecified atom stereocenters. The minimum atomic E-state index is -0.794. The minimum absolute atomic E-state index is 0.00965. The highest BCUT2D eigenvalue weighted by molar-refractivity contribution is 7.18. The summed E-state index contributed by atoms with van der Waals surface area (Å²) in [6, 6.07) is 7.93. The van der Waals surface area contributed by atoms with Crippen molar-refractivity contribution in [3.8, 4) is 0 Å². The SMILES string of the molecule is O=C(O)CCCCNC(=O)CCc1nc2ccccc2s1. The van der Waals surface area contributed by atoms with Crippen LogP contribution in [0.1, 0.15) is 30.7 Å². The maximum atomic E-state index is 11.7. The van der Waals surface area contributed by atoms with Gasteiger partial charge in [-0.25, -0.2) is 4.98 Å². The van der Waals surface area contributed by atoms with Crippen LogP contribution in [0.2, 0.25) is 0 Å². The van der Waals surface area contributed by atoms with Crippen molar-refractivity contribution in [1.29, 1.82) is 0 Å². The molecular formula is C15H18N2O3S. The van der Waals surface area contributed by atoms with Gasteiger partial charge in [0.25, 0.3) is 0 Å². The number of carboxylic acids is 1. The number of nitrogens with zero attached hydrogens (tertiary/aromatic N) is 1. The van der Waals surface area contributed by atoms with Crippen molar-refractivity contribution in [1.82, 2.24) is 10.3 Å². The van der Waals surface area contributed by atoms with E-state index in [9.17, 15) is 9.59 Å². The van der Waals surface area contributed by atoms with Crippen molar-refractivity contribution >= 4 is 33.4 Å². The second-order valence-corrected chi connectivity index (χ2v) is 5.89. The lowest BCUT2D eigenvalue weighted by Crippen LogP contribution is -2.24. The molecule has 0 fully saturated rings. The summed E-state index contributed by atoms with van der Waals surface area (Å²) >= 11 is 1.62. The molecule has 0 spiro atoms. The molecule has 0 atom stereocenters. The number of para-hydroxylation sites is 1. The molecule has 1 amide bonds. The van der Waals surface area contributed by atoms with Gasteiger partial charge in [0.1, 0.15) is 0 Å². The molecule has 1 aromatic carbocycles. The first-order valence-electron chi connectivity index (χ1n) is 6.98. The summed E-state index contributed by atoms with van der Waals surface area (Å²) in [7, 11) is 0. The molecule has 1 aromatic heterocycles. The van der Waals surface area contributed by atoms with Gasteiger partial charge in [-0.2, -0.15) is 0 Å². The standard InChI is InChI=1S/C15H18N2O3S/c18-13(16-10-4-3-7-15(19)20)8-9-14-17-11-5-1-2-6-12(11)21-14/h1-2,5-6H,3-4,7-10H2,(H,16,18)(H,19,20). The molecular weight excluding hydrogens is 288 g/mol. The second-order valence-electron chi connectivity index (χ2n) is 4.78. The van der Waals surface area contributed by atoms with E-state index in [1.54, 1.807) is 11.3 Å². The van der Waals surface area contributed by atoms with Gasteiger partial charge in [-0.05, 0) is 25.0 Å². The number of aryl methyl sites for hydroxylation is 1. The number of unbranched alkanes of at least 4 members (excludes halogenated alkanes) is 1. The molecule has 5 nitrogen and oxygen atoms in total. The van der Waals surface area contributed by atoms with Crippen LogP contribution in [0.4, 0.5) is 0 Å². The second kappa shape index (κ2) is 7.73. The molecule has 21 heavy (non-hydrogen) atoms. The van der Waals surface area contributed by atoms with E-state index in [1.165, 1.54) is 0 Å². The van der Waals surface area contributed by atoms with E-state index in [-0.39, 0.29) is 12.3 Å². The van der Waals surface area contributed by atoms with Crippen molar-refractivity contribution in [3.05, 3.63) is 29.3 Å². The van der Waals surface area contributed by atoms with E-state index in [0.717, 1.165) is 15.2 Å². The van der Waals surface area contributed by atoms with Crippen LogP contribution in [-0.2, 0) is 16.0 Å². The lowest BCUT2D eigenvalue weighted by Gasteiger charge is -2.03. The van der Waals surface area contributed by atoms with Crippen molar-refractivity contribution in [2.24, 2.45) is 0 Å². The van der Waals surface area contributed by atoms with Crippen LogP contribution >= 0.6 is 11.3 Å². The first kappa shape index (κ1) is 15.4. The number of nitrogens with one attached hydrogen (secondary N) is 1. The highest BCUT2D eigenvalue weighted by Gasteiger charge is 2.06. The third-order valence-corrected chi connectivity index (χ3v) is 4.14. The smallest absolute Gasteiger partial charge is 0.303 e. The Morgan fingerprint density at radius 1 is 1.19 bits per heavy atom. The summed E-state index contributed by atoms with van der Waals surface area (Å²) in [4.78, 5) is 26.5. The van der Waals surface area contributed by atoms with Gasteiger partial charge in [0, 0.05) is 25.8 Å². The monoisotopic (exact) mass is 306 g/mol. The maximum Gasteiger partial charge on any atom is 0.303 e. The maximum absolute atomic E-state index is 11.7. The number of carbonyl (C=O) groups excluding carboxylic acids is 1. The molecule has 0 saturated heterocycles. The number of fused-ring (bicyclic) bond motifs is 1. The van der Waals surface area contributed by atoms with Crippen molar-refractivity contribution < 1.29 is 14.7 Å². The number of rotatable bonds is 8. The van der Waals surface area contributed by atoms with Gasteiger partial charge in [-0.1, -0.05) is 12.1 Å².